The average molecular weight is 296 g/mol. The molecule has 3 heteroatoms. The minimum atomic E-state index is -0.0345. The number of hydrogen-bond acceptors (Lipinski definition) is 2. The van der Waals surface area contributed by atoms with Gasteiger partial charge in [-0.1, -0.05) is 6.42 Å². The molecule has 1 aromatic rings. The van der Waals surface area contributed by atoms with Gasteiger partial charge in [-0.25, -0.2) is 0 Å². The summed E-state index contributed by atoms with van der Waals surface area (Å²) in [6, 6.07) is 4.83. The Bertz CT molecular complexity index is 447. The van der Waals surface area contributed by atoms with Crippen LogP contribution in [0.4, 0.5) is 0 Å². The lowest BCUT2D eigenvalue weighted by Crippen LogP contribution is -2.28. The molecule has 2 saturated carbocycles. The summed E-state index contributed by atoms with van der Waals surface area (Å²) in [4.78, 5) is 1.36. The van der Waals surface area contributed by atoms with Crippen LogP contribution in [0.1, 0.15) is 30.6 Å². The molecule has 0 aromatic carbocycles. The Morgan fingerprint density at radius 2 is 2.44 bits per heavy atom. The van der Waals surface area contributed by atoms with Gasteiger partial charge in [0.1, 0.15) is 0 Å². The molecule has 16 heavy (non-hydrogen) atoms. The first-order valence-electron chi connectivity index (χ1n) is 5.86. The van der Waals surface area contributed by atoms with Crippen LogP contribution < -0.4 is 0 Å². The standard InChI is InChI=1S/C13H14BrNS/c14-11-4-12(16-7-11)6-13(8-15)5-9-1-2-10(13)3-9/h4,7,9-10H,1-3,5-6H2. The molecule has 2 aliphatic rings. The maximum atomic E-state index is 9.55. The third kappa shape index (κ3) is 1.63. The molecule has 0 aliphatic heterocycles. The van der Waals surface area contributed by atoms with Gasteiger partial charge in [0.2, 0.25) is 0 Å². The Morgan fingerprint density at radius 3 is 2.94 bits per heavy atom. The van der Waals surface area contributed by atoms with Crippen molar-refractivity contribution in [3.8, 4) is 6.07 Å². The van der Waals surface area contributed by atoms with Gasteiger partial charge in [-0.15, -0.1) is 11.3 Å². The second-order valence-electron chi connectivity index (χ2n) is 5.26. The van der Waals surface area contributed by atoms with Crippen LogP contribution in [-0.2, 0) is 6.42 Å². The van der Waals surface area contributed by atoms with Crippen LogP contribution in [0.5, 0.6) is 0 Å². The third-order valence-corrected chi connectivity index (χ3v) is 6.01. The quantitative estimate of drug-likeness (QED) is 0.794. The van der Waals surface area contributed by atoms with E-state index >= 15 is 0 Å². The molecule has 1 heterocycles. The summed E-state index contributed by atoms with van der Waals surface area (Å²) in [6.45, 7) is 0. The number of rotatable bonds is 2. The Hall–Kier alpha value is -0.330. The van der Waals surface area contributed by atoms with Gasteiger partial charge in [-0.3, -0.25) is 0 Å². The van der Waals surface area contributed by atoms with Gasteiger partial charge < -0.3 is 0 Å². The fourth-order valence-electron chi connectivity index (χ4n) is 3.59. The molecule has 3 atom stereocenters. The highest BCUT2D eigenvalue weighted by Crippen LogP contribution is 2.57. The molecule has 0 radical (unpaired) electrons. The molecule has 2 aliphatic carbocycles. The molecule has 3 rings (SSSR count). The van der Waals surface area contributed by atoms with Crippen molar-refractivity contribution >= 4 is 27.3 Å². The average Bonchev–Trinajstić information content (AvgIpc) is 2.94. The third-order valence-electron chi connectivity index (χ3n) is 4.31. The molecule has 0 N–H and O–H groups in total. The second kappa shape index (κ2) is 3.85. The first-order chi connectivity index (χ1) is 7.72. The highest BCUT2D eigenvalue weighted by Gasteiger charge is 2.51. The molecular weight excluding hydrogens is 282 g/mol. The minimum Gasteiger partial charge on any atom is -0.198 e. The van der Waals surface area contributed by atoms with Crippen molar-refractivity contribution in [1.82, 2.24) is 0 Å². The van der Waals surface area contributed by atoms with Gasteiger partial charge in [-0.2, -0.15) is 5.26 Å². The van der Waals surface area contributed by atoms with Crippen LogP contribution in [0, 0.1) is 28.6 Å². The topological polar surface area (TPSA) is 23.8 Å². The zero-order chi connectivity index (χ0) is 11.2. The van der Waals surface area contributed by atoms with Gasteiger partial charge in [0.15, 0.2) is 0 Å². The number of hydrogen-bond donors (Lipinski definition) is 0. The van der Waals surface area contributed by atoms with Gasteiger partial charge in [-0.05, 0) is 53.1 Å². The van der Waals surface area contributed by atoms with Gasteiger partial charge in [0, 0.05) is 21.2 Å². The number of thiophene rings is 1. The molecule has 2 fully saturated rings. The first-order valence-corrected chi connectivity index (χ1v) is 7.53. The van der Waals surface area contributed by atoms with Crippen LogP contribution in [0.3, 0.4) is 0 Å². The molecule has 1 nitrogen and oxygen atoms in total. The van der Waals surface area contributed by atoms with E-state index in [2.05, 4.69) is 33.4 Å². The number of nitrogens with zero attached hydrogens (tertiary/aromatic N) is 1. The summed E-state index contributed by atoms with van der Waals surface area (Å²) in [6.07, 6.45) is 6.07. The maximum Gasteiger partial charge on any atom is 0.0696 e. The molecule has 2 bridgehead atoms. The van der Waals surface area contributed by atoms with Crippen molar-refractivity contribution in [2.45, 2.75) is 32.1 Å². The van der Waals surface area contributed by atoms with Crippen LogP contribution >= 0.6 is 27.3 Å². The highest BCUT2D eigenvalue weighted by atomic mass is 79.9. The van der Waals surface area contributed by atoms with Crippen molar-refractivity contribution < 1.29 is 0 Å². The van der Waals surface area contributed by atoms with E-state index in [0.717, 1.165) is 23.2 Å². The van der Waals surface area contributed by atoms with E-state index in [1.807, 2.05) is 0 Å². The van der Waals surface area contributed by atoms with E-state index < -0.39 is 0 Å². The molecule has 0 spiro atoms. The first kappa shape index (κ1) is 10.8. The summed E-state index contributed by atoms with van der Waals surface area (Å²) in [7, 11) is 0. The van der Waals surface area contributed by atoms with E-state index in [0.29, 0.717) is 5.92 Å². The molecular formula is C13H14BrNS. The largest absolute Gasteiger partial charge is 0.198 e. The summed E-state index contributed by atoms with van der Waals surface area (Å²) in [5.74, 6) is 1.51. The Morgan fingerprint density at radius 1 is 1.56 bits per heavy atom. The fraction of sp³-hybridized carbons (Fsp3) is 0.615. The van der Waals surface area contributed by atoms with Gasteiger partial charge >= 0.3 is 0 Å². The zero-order valence-electron chi connectivity index (χ0n) is 9.08. The predicted molar refractivity (Wildman–Crippen MR) is 69.2 cm³/mol. The SMILES string of the molecule is N#CC1(Cc2cc(Br)cs2)CC2CCC1C2. The maximum absolute atomic E-state index is 9.55. The number of halogens is 1. The summed E-state index contributed by atoms with van der Waals surface area (Å²) in [5.41, 5.74) is -0.0345. The Kier molecular flexibility index (Phi) is 2.60. The zero-order valence-corrected chi connectivity index (χ0v) is 11.5. The number of nitriles is 1. The monoisotopic (exact) mass is 295 g/mol. The summed E-state index contributed by atoms with van der Waals surface area (Å²) >= 11 is 5.27. The van der Waals surface area contributed by atoms with Crippen molar-refractivity contribution in [3.05, 3.63) is 20.8 Å². The predicted octanol–water partition coefficient (Wildman–Crippen LogP) is 4.38. The van der Waals surface area contributed by atoms with E-state index in [1.165, 1.54) is 24.1 Å². The van der Waals surface area contributed by atoms with Gasteiger partial charge in [0.25, 0.3) is 0 Å². The molecule has 0 saturated heterocycles. The highest BCUT2D eigenvalue weighted by molar-refractivity contribution is 9.10. The van der Waals surface area contributed by atoms with Crippen LogP contribution in [0.2, 0.25) is 0 Å². The molecule has 1 aromatic heterocycles. The molecule has 3 unspecified atom stereocenters. The summed E-state index contributed by atoms with van der Waals surface area (Å²) in [5, 5.41) is 11.7. The van der Waals surface area contributed by atoms with E-state index in [-0.39, 0.29) is 5.41 Å². The van der Waals surface area contributed by atoms with Crippen molar-refractivity contribution in [2.75, 3.05) is 0 Å². The van der Waals surface area contributed by atoms with Crippen LogP contribution in [0.25, 0.3) is 0 Å². The van der Waals surface area contributed by atoms with E-state index in [9.17, 15) is 5.26 Å². The fourth-order valence-corrected chi connectivity index (χ4v) is 5.17. The lowest BCUT2D eigenvalue weighted by atomic mass is 9.72. The van der Waals surface area contributed by atoms with E-state index in [1.54, 1.807) is 11.3 Å². The van der Waals surface area contributed by atoms with Crippen molar-refractivity contribution in [2.24, 2.45) is 17.3 Å². The number of fused-ring (bicyclic) bond motifs is 2. The molecule has 0 amide bonds. The van der Waals surface area contributed by atoms with Crippen LogP contribution in [-0.4, -0.2) is 0 Å². The second-order valence-corrected chi connectivity index (χ2v) is 7.17. The lowest BCUT2D eigenvalue weighted by molar-refractivity contribution is 0.241. The van der Waals surface area contributed by atoms with Gasteiger partial charge in [0.05, 0.1) is 11.5 Å². The summed E-state index contributed by atoms with van der Waals surface area (Å²) < 4.78 is 1.16. The van der Waals surface area contributed by atoms with Crippen LogP contribution in [0.15, 0.2) is 15.9 Å². The normalized spacial score (nSPS) is 36.5. The van der Waals surface area contributed by atoms with Crippen molar-refractivity contribution in [1.29, 1.82) is 5.26 Å². The molecule has 84 valence electrons. The Balaban J connectivity index is 1.85. The minimum absolute atomic E-state index is 0.0345. The Labute approximate surface area is 109 Å². The van der Waals surface area contributed by atoms with Crippen molar-refractivity contribution in [3.63, 3.8) is 0 Å². The van der Waals surface area contributed by atoms with E-state index in [4.69, 9.17) is 0 Å². The smallest absolute Gasteiger partial charge is 0.0696 e. The lowest BCUT2D eigenvalue weighted by Gasteiger charge is -2.30.